The summed E-state index contributed by atoms with van der Waals surface area (Å²) in [4.78, 5) is 0. The Balaban J connectivity index is 3.45. The zero-order valence-electron chi connectivity index (χ0n) is 11.6. The van der Waals surface area contributed by atoms with Gasteiger partial charge in [-0.1, -0.05) is 81.4 Å². The highest BCUT2D eigenvalue weighted by molar-refractivity contribution is 5.14. The molecule has 0 aromatic carbocycles. The first-order valence-corrected chi connectivity index (χ1v) is 6.92. The Bertz CT molecular complexity index is 301. The van der Waals surface area contributed by atoms with Crippen LogP contribution in [0.4, 0.5) is 0 Å². The summed E-state index contributed by atoms with van der Waals surface area (Å²) in [6, 6.07) is 0. The van der Waals surface area contributed by atoms with Crippen molar-refractivity contribution in [2.45, 2.75) is 58.0 Å². The average Bonchev–Trinajstić information content (AvgIpc) is 2.39. The number of aliphatic hydroxyl groups excluding tert-OH is 1. The number of aliphatic hydroxyl groups is 1. The second kappa shape index (κ2) is 13.8. The van der Waals surface area contributed by atoms with Gasteiger partial charge in [-0.2, -0.15) is 0 Å². The van der Waals surface area contributed by atoms with E-state index in [9.17, 15) is 0 Å². The number of unbranched alkanes of at least 4 members (excludes halogenated alkanes) is 5. The largest absolute Gasteiger partial charge is 0.377 e. The van der Waals surface area contributed by atoms with Crippen molar-refractivity contribution in [3.8, 4) is 11.8 Å². The van der Waals surface area contributed by atoms with Crippen LogP contribution < -0.4 is 0 Å². The molecule has 0 aromatic rings. The minimum absolute atomic E-state index is 0.672. The van der Waals surface area contributed by atoms with E-state index < -0.39 is 6.10 Å². The Kier molecular flexibility index (Phi) is 12.8. The summed E-state index contributed by atoms with van der Waals surface area (Å²) >= 11 is 0. The zero-order chi connectivity index (χ0) is 13.5. The molecule has 0 bridgehead atoms. The second-order valence-corrected chi connectivity index (χ2v) is 4.26. The number of rotatable bonds is 9. The molecule has 0 saturated carbocycles. The van der Waals surface area contributed by atoms with Crippen molar-refractivity contribution >= 4 is 0 Å². The van der Waals surface area contributed by atoms with Gasteiger partial charge in [-0.15, -0.1) is 0 Å². The van der Waals surface area contributed by atoms with Crippen LogP contribution in [-0.2, 0) is 0 Å². The van der Waals surface area contributed by atoms with Crippen LogP contribution in [0.25, 0.3) is 0 Å². The lowest BCUT2D eigenvalue weighted by Gasteiger charge is -1.95. The van der Waals surface area contributed by atoms with Crippen molar-refractivity contribution in [2.75, 3.05) is 0 Å². The maximum Gasteiger partial charge on any atom is 0.133 e. The summed E-state index contributed by atoms with van der Waals surface area (Å²) < 4.78 is 0. The lowest BCUT2D eigenvalue weighted by atomic mass is 10.1. The average molecular weight is 246 g/mol. The van der Waals surface area contributed by atoms with Crippen molar-refractivity contribution in [2.24, 2.45) is 0 Å². The van der Waals surface area contributed by atoms with Gasteiger partial charge in [0.1, 0.15) is 6.10 Å². The minimum atomic E-state index is -0.697. The zero-order valence-corrected chi connectivity index (χ0v) is 11.6. The predicted octanol–water partition coefficient (Wildman–Crippen LogP) is 4.40. The molecular weight excluding hydrogens is 220 g/mol. The summed E-state index contributed by atoms with van der Waals surface area (Å²) in [5.41, 5.74) is 0. The Labute approximate surface area is 112 Å². The van der Waals surface area contributed by atoms with E-state index in [1.54, 1.807) is 0 Å². The van der Waals surface area contributed by atoms with E-state index in [2.05, 4.69) is 37.5 Å². The lowest BCUT2D eigenvalue weighted by Crippen LogP contribution is -1.94. The molecule has 1 N–H and O–H groups in total. The van der Waals surface area contributed by atoms with E-state index in [1.165, 1.54) is 38.2 Å². The Morgan fingerprint density at radius 3 is 2.56 bits per heavy atom. The van der Waals surface area contributed by atoms with Gasteiger partial charge in [-0.25, -0.2) is 0 Å². The third-order valence-electron chi connectivity index (χ3n) is 2.55. The van der Waals surface area contributed by atoms with Crippen LogP contribution in [0.1, 0.15) is 51.9 Å². The molecule has 0 aromatic heterocycles. The van der Waals surface area contributed by atoms with Crippen molar-refractivity contribution < 1.29 is 5.11 Å². The first kappa shape index (κ1) is 16.7. The number of hydrogen-bond donors (Lipinski definition) is 1. The smallest absolute Gasteiger partial charge is 0.133 e. The molecule has 0 fully saturated rings. The fraction of sp³-hybridized carbons (Fsp3) is 0.529. The third kappa shape index (κ3) is 12.8. The molecule has 0 radical (unpaired) electrons. The van der Waals surface area contributed by atoms with Crippen molar-refractivity contribution in [1.82, 2.24) is 0 Å². The van der Waals surface area contributed by atoms with Crippen molar-refractivity contribution in [3.05, 3.63) is 37.0 Å². The van der Waals surface area contributed by atoms with E-state index in [0.29, 0.717) is 6.42 Å². The molecular formula is C17H26O. The highest BCUT2D eigenvalue weighted by Crippen LogP contribution is 2.05. The summed E-state index contributed by atoms with van der Waals surface area (Å²) in [6.07, 6.45) is 17.5. The molecule has 0 aliphatic carbocycles. The maximum atomic E-state index is 9.09. The lowest BCUT2D eigenvalue weighted by molar-refractivity contribution is 0.281. The van der Waals surface area contributed by atoms with Crippen molar-refractivity contribution in [1.29, 1.82) is 0 Å². The molecule has 0 unspecified atom stereocenters. The Morgan fingerprint density at radius 1 is 1.11 bits per heavy atom. The fourth-order valence-corrected chi connectivity index (χ4v) is 1.47. The van der Waals surface area contributed by atoms with E-state index in [4.69, 9.17) is 5.11 Å². The predicted molar refractivity (Wildman–Crippen MR) is 80.3 cm³/mol. The highest BCUT2D eigenvalue weighted by Gasteiger charge is 1.86. The third-order valence-corrected chi connectivity index (χ3v) is 2.55. The molecule has 0 heterocycles. The maximum absolute atomic E-state index is 9.09. The summed E-state index contributed by atoms with van der Waals surface area (Å²) in [6.45, 7) is 5.69. The molecule has 0 saturated heterocycles. The molecule has 1 atom stereocenters. The first-order chi connectivity index (χ1) is 8.81. The van der Waals surface area contributed by atoms with Gasteiger partial charge >= 0.3 is 0 Å². The molecule has 0 aliphatic rings. The van der Waals surface area contributed by atoms with E-state index in [-0.39, 0.29) is 0 Å². The molecule has 18 heavy (non-hydrogen) atoms. The molecule has 1 heteroatoms. The van der Waals surface area contributed by atoms with Crippen LogP contribution in [-0.4, -0.2) is 11.2 Å². The molecule has 0 aliphatic heterocycles. The quantitative estimate of drug-likeness (QED) is 0.277. The standard InChI is InChI=1S/C17H26O/c1-3-5-6-7-8-9-10-11-12-13-14-15-16-17(18)4-2/h4,10-13,17-18H,2-3,5-9,14H2,1H3/t17-/m0/s1. The van der Waals surface area contributed by atoms with Gasteiger partial charge in [-0.3, -0.25) is 0 Å². The monoisotopic (exact) mass is 246 g/mol. The molecule has 0 spiro atoms. The summed E-state index contributed by atoms with van der Waals surface area (Å²) in [7, 11) is 0. The Hall–Kier alpha value is -1.26. The van der Waals surface area contributed by atoms with E-state index in [1.807, 2.05) is 12.2 Å². The second-order valence-electron chi connectivity index (χ2n) is 4.26. The van der Waals surface area contributed by atoms with E-state index in [0.717, 1.165) is 6.42 Å². The van der Waals surface area contributed by atoms with Crippen LogP contribution in [0, 0.1) is 11.8 Å². The van der Waals surface area contributed by atoms with Gasteiger partial charge in [-0.05, 0) is 12.8 Å². The van der Waals surface area contributed by atoms with Gasteiger partial charge in [0, 0.05) is 6.42 Å². The van der Waals surface area contributed by atoms with Crippen LogP contribution in [0.5, 0.6) is 0 Å². The van der Waals surface area contributed by atoms with Crippen LogP contribution in [0.15, 0.2) is 37.0 Å². The first-order valence-electron chi connectivity index (χ1n) is 6.92. The molecule has 100 valence electrons. The summed E-state index contributed by atoms with van der Waals surface area (Å²) in [5.74, 6) is 5.54. The van der Waals surface area contributed by atoms with Crippen molar-refractivity contribution in [3.63, 3.8) is 0 Å². The van der Waals surface area contributed by atoms with E-state index >= 15 is 0 Å². The van der Waals surface area contributed by atoms with Crippen LogP contribution >= 0.6 is 0 Å². The topological polar surface area (TPSA) is 20.2 Å². The van der Waals surface area contributed by atoms with Crippen LogP contribution in [0.2, 0.25) is 0 Å². The van der Waals surface area contributed by atoms with Crippen LogP contribution in [0.3, 0.4) is 0 Å². The van der Waals surface area contributed by atoms with Gasteiger partial charge in [0.15, 0.2) is 0 Å². The van der Waals surface area contributed by atoms with Gasteiger partial charge in [0.25, 0.3) is 0 Å². The molecule has 1 nitrogen and oxygen atoms in total. The number of allylic oxidation sites excluding steroid dienone is 4. The normalized spacial score (nSPS) is 12.6. The molecule has 0 rings (SSSR count). The van der Waals surface area contributed by atoms with Gasteiger partial charge in [0.2, 0.25) is 0 Å². The van der Waals surface area contributed by atoms with Gasteiger partial charge in [0.05, 0.1) is 0 Å². The molecule has 0 amide bonds. The fourth-order valence-electron chi connectivity index (χ4n) is 1.47. The SMILES string of the molecule is C=C[C@H](O)C#CCC=CC=CCCCCCCC. The Morgan fingerprint density at radius 2 is 1.83 bits per heavy atom. The summed E-state index contributed by atoms with van der Waals surface area (Å²) in [5, 5.41) is 9.09. The highest BCUT2D eigenvalue weighted by atomic mass is 16.3. The van der Waals surface area contributed by atoms with Gasteiger partial charge < -0.3 is 5.11 Å². The minimum Gasteiger partial charge on any atom is -0.377 e. The number of hydrogen-bond acceptors (Lipinski definition) is 1.